The average Bonchev–Trinajstić information content (AvgIpc) is 1.16. The summed E-state index contributed by atoms with van der Waals surface area (Å²) in [6, 6.07) is 0. The van der Waals surface area contributed by atoms with Gasteiger partial charge in [0.1, 0.15) is 0 Å². The lowest BCUT2D eigenvalue weighted by Crippen LogP contribution is -2.14. The van der Waals surface area contributed by atoms with E-state index < -0.39 is 6.56 Å². The SMILES string of the molecule is [2H]C([2H])(O)C1CCC1. The van der Waals surface area contributed by atoms with Gasteiger partial charge < -0.3 is 5.11 Å². The minimum absolute atomic E-state index is 0.0810. The molecule has 0 heterocycles. The van der Waals surface area contributed by atoms with Gasteiger partial charge in [0.2, 0.25) is 0 Å². The molecule has 0 radical (unpaired) electrons. The smallest absolute Gasteiger partial charge is 0.0567 e. The monoisotopic (exact) mass is 88.1 g/mol. The van der Waals surface area contributed by atoms with Crippen molar-refractivity contribution in [3.05, 3.63) is 0 Å². The van der Waals surface area contributed by atoms with Gasteiger partial charge in [-0.05, 0) is 18.8 Å². The van der Waals surface area contributed by atoms with E-state index in [0.717, 1.165) is 19.3 Å². The van der Waals surface area contributed by atoms with Crippen LogP contribution >= 0.6 is 0 Å². The summed E-state index contributed by atoms with van der Waals surface area (Å²) in [6.45, 7) is -1.90. The van der Waals surface area contributed by atoms with Crippen molar-refractivity contribution in [2.24, 2.45) is 5.92 Å². The van der Waals surface area contributed by atoms with Crippen molar-refractivity contribution in [1.82, 2.24) is 0 Å². The van der Waals surface area contributed by atoms with E-state index in [0.29, 0.717) is 0 Å². The molecule has 1 fully saturated rings. The Balaban J connectivity index is 2.34. The largest absolute Gasteiger partial charge is 0.396 e. The van der Waals surface area contributed by atoms with Crippen molar-refractivity contribution in [3.8, 4) is 0 Å². The van der Waals surface area contributed by atoms with Crippen LogP contribution in [0.15, 0.2) is 0 Å². The molecule has 0 aromatic rings. The molecule has 0 atom stereocenters. The van der Waals surface area contributed by atoms with Gasteiger partial charge in [0, 0.05) is 6.56 Å². The molecule has 0 saturated heterocycles. The van der Waals surface area contributed by atoms with Crippen LogP contribution in [0, 0.1) is 5.92 Å². The summed E-state index contributed by atoms with van der Waals surface area (Å²) in [5, 5.41) is 8.67. The molecule has 1 nitrogen and oxygen atoms in total. The lowest BCUT2D eigenvalue weighted by atomic mass is 9.86. The van der Waals surface area contributed by atoms with Crippen LogP contribution in [0.3, 0.4) is 0 Å². The van der Waals surface area contributed by atoms with E-state index in [9.17, 15) is 0 Å². The first-order chi connectivity index (χ1) is 3.61. The fourth-order valence-corrected chi connectivity index (χ4v) is 0.537. The zero-order valence-corrected chi connectivity index (χ0v) is 3.65. The van der Waals surface area contributed by atoms with Crippen molar-refractivity contribution < 1.29 is 7.85 Å². The highest BCUT2D eigenvalue weighted by Gasteiger charge is 2.14. The Labute approximate surface area is 40.8 Å². The van der Waals surface area contributed by atoms with Crippen LogP contribution in [0.1, 0.15) is 22.0 Å². The van der Waals surface area contributed by atoms with Crippen LogP contribution in [-0.2, 0) is 0 Å². The molecule has 0 bridgehead atoms. The van der Waals surface area contributed by atoms with Gasteiger partial charge in [-0.3, -0.25) is 0 Å². The summed E-state index contributed by atoms with van der Waals surface area (Å²) < 4.78 is 13.6. The highest BCUT2D eigenvalue weighted by atomic mass is 16.3. The molecule has 1 rings (SSSR count). The number of rotatable bonds is 1. The first kappa shape index (κ1) is 2.31. The highest BCUT2D eigenvalue weighted by molar-refractivity contribution is 4.66. The van der Waals surface area contributed by atoms with Crippen molar-refractivity contribution >= 4 is 0 Å². The Morgan fingerprint density at radius 2 is 2.50 bits per heavy atom. The zero-order valence-electron chi connectivity index (χ0n) is 5.65. The Bertz CT molecular complexity index is 82.9. The Hall–Kier alpha value is -0.0400. The molecule has 0 aromatic heterocycles. The quantitative estimate of drug-likeness (QED) is 0.502. The second-order valence-corrected chi connectivity index (χ2v) is 1.76. The molecule has 1 N–H and O–H groups in total. The third-order valence-corrected chi connectivity index (χ3v) is 1.29. The standard InChI is InChI=1S/C5H10O/c6-4-5-2-1-3-5/h5-6H,1-4H2/i4D2. The van der Waals surface area contributed by atoms with Crippen LogP contribution in [0.5, 0.6) is 0 Å². The van der Waals surface area contributed by atoms with Gasteiger partial charge in [0.25, 0.3) is 0 Å². The summed E-state index contributed by atoms with van der Waals surface area (Å²) in [6.07, 6.45) is 2.78. The highest BCUT2D eigenvalue weighted by Crippen LogP contribution is 2.24. The lowest BCUT2D eigenvalue weighted by Gasteiger charge is -2.21. The predicted molar refractivity (Wildman–Crippen MR) is 24.4 cm³/mol. The Kier molecular flexibility index (Phi) is 0.619. The van der Waals surface area contributed by atoms with Gasteiger partial charge in [-0.25, -0.2) is 0 Å². The number of aliphatic hydroxyl groups is 1. The molecule has 0 aliphatic heterocycles. The van der Waals surface area contributed by atoms with E-state index in [-0.39, 0.29) is 5.92 Å². The van der Waals surface area contributed by atoms with E-state index in [1.54, 1.807) is 0 Å². The van der Waals surface area contributed by atoms with Gasteiger partial charge >= 0.3 is 0 Å². The maximum absolute atomic E-state index is 8.67. The number of hydrogen-bond donors (Lipinski definition) is 1. The van der Waals surface area contributed by atoms with Crippen molar-refractivity contribution in [2.45, 2.75) is 19.3 Å². The molecule has 1 saturated carbocycles. The normalized spacial score (nSPS) is 30.8. The second-order valence-electron chi connectivity index (χ2n) is 1.76. The molecule has 6 heavy (non-hydrogen) atoms. The van der Waals surface area contributed by atoms with E-state index in [1.165, 1.54) is 0 Å². The van der Waals surface area contributed by atoms with E-state index in [2.05, 4.69) is 0 Å². The Morgan fingerprint density at radius 1 is 1.83 bits per heavy atom. The van der Waals surface area contributed by atoms with E-state index >= 15 is 0 Å². The van der Waals surface area contributed by atoms with Crippen LogP contribution in [0.25, 0.3) is 0 Å². The molecule has 1 aliphatic carbocycles. The molecule has 1 heteroatoms. The Morgan fingerprint density at radius 3 is 2.50 bits per heavy atom. The third-order valence-electron chi connectivity index (χ3n) is 1.29. The predicted octanol–water partition coefficient (Wildman–Crippen LogP) is 0.779. The summed E-state index contributed by atoms with van der Waals surface area (Å²) in [4.78, 5) is 0. The fraction of sp³-hybridized carbons (Fsp3) is 1.00. The van der Waals surface area contributed by atoms with Crippen LogP contribution < -0.4 is 0 Å². The van der Waals surface area contributed by atoms with Crippen molar-refractivity contribution in [1.29, 1.82) is 0 Å². The minimum atomic E-state index is -1.90. The van der Waals surface area contributed by atoms with Gasteiger partial charge in [-0.15, -0.1) is 0 Å². The molecule has 1 aliphatic rings. The van der Waals surface area contributed by atoms with Crippen molar-refractivity contribution in [2.75, 3.05) is 6.56 Å². The maximum atomic E-state index is 8.67. The summed E-state index contributed by atoms with van der Waals surface area (Å²) >= 11 is 0. The van der Waals surface area contributed by atoms with Crippen LogP contribution in [-0.4, -0.2) is 11.7 Å². The summed E-state index contributed by atoms with van der Waals surface area (Å²) in [7, 11) is 0. The zero-order chi connectivity index (χ0) is 6.20. The van der Waals surface area contributed by atoms with Crippen LogP contribution in [0.2, 0.25) is 0 Å². The lowest BCUT2D eigenvalue weighted by molar-refractivity contribution is 0.163. The first-order valence-corrected chi connectivity index (χ1v) is 2.33. The van der Waals surface area contributed by atoms with Crippen molar-refractivity contribution in [3.63, 3.8) is 0 Å². The molecular weight excluding hydrogens is 76.1 g/mol. The first-order valence-electron chi connectivity index (χ1n) is 3.33. The van der Waals surface area contributed by atoms with Gasteiger partial charge in [0.15, 0.2) is 0 Å². The summed E-state index contributed by atoms with van der Waals surface area (Å²) in [5.41, 5.74) is 0. The maximum Gasteiger partial charge on any atom is 0.0567 e. The molecule has 0 amide bonds. The molecule has 0 unspecified atom stereocenters. The third kappa shape index (κ3) is 0.548. The second kappa shape index (κ2) is 1.61. The van der Waals surface area contributed by atoms with Crippen LogP contribution in [0.4, 0.5) is 0 Å². The molecule has 36 valence electrons. The minimum Gasteiger partial charge on any atom is -0.396 e. The van der Waals surface area contributed by atoms with Gasteiger partial charge in [-0.1, -0.05) is 6.42 Å². The molecule has 0 aromatic carbocycles. The number of hydrogen-bond acceptors (Lipinski definition) is 1. The van der Waals surface area contributed by atoms with E-state index in [4.69, 9.17) is 7.85 Å². The summed E-state index contributed by atoms with van der Waals surface area (Å²) in [5.74, 6) is -0.0810. The average molecular weight is 88.1 g/mol. The van der Waals surface area contributed by atoms with Gasteiger partial charge in [0.05, 0.1) is 2.74 Å². The topological polar surface area (TPSA) is 20.2 Å². The molecule has 0 spiro atoms. The van der Waals surface area contributed by atoms with Gasteiger partial charge in [-0.2, -0.15) is 0 Å². The van der Waals surface area contributed by atoms with E-state index in [1.807, 2.05) is 0 Å². The molecular formula is C5H10O. The fourth-order valence-electron chi connectivity index (χ4n) is 0.537.